The molecule has 20 heavy (non-hydrogen) atoms. The van der Waals surface area contributed by atoms with Crippen LogP contribution >= 0.6 is 0 Å². The normalized spacial score (nSPS) is 17.9. The molecular weight excluding hydrogens is 258 g/mol. The number of rotatable bonds is 7. The fraction of sp³-hybridized carbons (Fsp3) is 0.600. The number of nitrogens with zero attached hydrogens (tertiary/aromatic N) is 1. The molecule has 0 bridgehead atoms. The summed E-state index contributed by atoms with van der Waals surface area (Å²) >= 11 is 0. The third-order valence-corrected chi connectivity index (χ3v) is 3.31. The molecule has 1 heterocycles. The predicted octanol–water partition coefficient (Wildman–Crippen LogP) is 0.905. The standard InChI is InChI=1S/C15H23NO4/c1-18-15-4-2-13(3-5-15)11-20-12-14(17)10-16-6-8-19-9-7-16/h2-5,14,17H,6-12H2,1H3/t14-/m0/s1. The van der Waals surface area contributed by atoms with Gasteiger partial charge in [0.1, 0.15) is 5.75 Å². The lowest BCUT2D eigenvalue weighted by atomic mass is 10.2. The Morgan fingerprint density at radius 1 is 1.25 bits per heavy atom. The van der Waals surface area contributed by atoms with Crippen molar-refractivity contribution in [3.05, 3.63) is 29.8 Å². The van der Waals surface area contributed by atoms with Crippen molar-refractivity contribution in [2.75, 3.05) is 46.6 Å². The van der Waals surface area contributed by atoms with Gasteiger partial charge in [0.05, 0.1) is 39.6 Å². The van der Waals surface area contributed by atoms with Gasteiger partial charge in [-0.25, -0.2) is 0 Å². The quantitative estimate of drug-likeness (QED) is 0.805. The van der Waals surface area contributed by atoms with E-state index in [1.54, 1.807) is 7.11 Å². The van der Waals surface area contributed by atoms with Crippen LogP contribution in [0.2, 0.25) is 0 Å². The molecule has 1 aliphatic heterocycles. The zero-order valence-corrected chi connectivity index (χ0v) is 12.0. The van der Waals surface area contributed by atoms with Crippen molar-refractivity contribution in [1.29, 1.82) is 0 Å². The van der Waals surface area contributed by atoms with E-state index in [9.17, 15) is 5.11 Å². The van der Waals surface area contributed by atoms with Crippen LogP contribution in [0, 0.1) is 0 Å². The summed E-state index contributed by atoms with van der Waals surface area (Å²) in [4.78, 5) is 2.20. The number of morpholine rings is 1. The molecule has 0 unspecified atom stereocenters. The third-order valence-electron chi connectivity index (χ3n) is 3.31. The molecule has 0 saturated carbocycles. The Labute approximate surface area is 120 Å². The first-order valence-corrected chi connectivity index (χ1v) is 6.97. The smallest absolute Gasteiger partial charge is 0.118 e. The molecule has 0 amide bonds. The maximum atomic E-state index is 9.93. The van der Waals surface area contributed by atoms with Crippen molar-refractivity contribution in [2.45, 2.75) is 12.7 Å². The van der Waals surface area contributed by atoms with E-state index in [4.69, 9.17) is 14.2 Å². The molecule has 1 aliphatic rings. The Morgan fingerprint density at radius 2 is 1.95 bits per heavy atom. The number of aliphatic hydroxyl groups is 1. The molecule has 1 N–H and O–H groups in total. The van der Waals surface area contributed by atoms with Crippen molar-refractivity contribution in [2.24, 2.45) is 0 Å². The number of benzene rings is 1. The average molecular weight is 281 g/mol. The van der Waals surface area contributed by atoms with E-state index in [0.29, 0.717) is 19.8 Å². The van der Waals surface area contributed by atoms with Crippen molar-refractivity contribution in [1.82, 2.24) is 4.90 Å². The molecule has 1 aromatic carbocycles. The summed E-state index contributed by atoms with van der Waals surface area (Å²) in [5, 5.41) is 9.93. The van der Waals surface area contributed by atoms with Crippen LogP contribution in [0.25, 0.3) is 0 Å². The van der Waals surface area contributed by atoms with Crippen molar-refractivity contribution in [3.8, 4) is 5.75 Å². The second kappa shape index (κ2) is 8.21. The van der Waals surface area contributed by atoms with Gasteiger partial charge >= 0.3 is 0 Å². The molecule has 0 spiro atoms. The first-order chi connectivity index (χ1) is 9.78. The first kappa shape index (κ1) is 15.3. The van der Waals surface area contributed by atoms with Gasteiger partial charge in [0.2, 0.25) is 0 Å². The lowest BCUT2D eigenvalue weighted by Gasteiger charge is -2.28. The highest BCUT2D eigenvalue weighted by Crippen LogP contribution is 2.12. The van der Waals surface area contributed by atoms with E-state index >= 15 is 0 Å². The van der Waals surface area contributed by atoms with Crippen LogP contribution in [0.1, 0.15) is 5.56 Å². The minimum atomic E-state index is -0.452. The number of ether oxygens (including phenoxy) is 3. The van der Waals surface area contributed by atoms with E-state index < -0.39 is 6.10 Å². The second-order valence-corrected chi connectivity index (χ2v) is 4.93. The molecule has 0 aliphatic carbocycles. The number of hydrogen-bond acceptors (Lipinski definition) is 5. The maximum absolute atomic E-state index is 9.93. The summed E-state index contributed by atoms with van der Waals surface area (Å²) in [6.07, 6.45) is -0.452. The van der Waals surface area contributed by atoms with Crippen molar-refractivity contribution >= 4 is 0 Å². The third kappa shape index (κ3) is 5.09. The summed E-state index contributed by atoms with van der Waals surface area (Å²) in [6.45, 7) is 4.77. The molecule has 0 aromatic heterocycles. The number of aliphatic hydroxyl groups excluding tert-OH is 1. The Morgan fingerprint density at radius 3 is 2.60 bits per heavy atom. The van der Waals surface area contributed by atoms with Gasteiger partial charge in [0, 0.05) is 19.6 Å². The van der Waals surface area contributed by atoms with Gasteiger partial charge in [-0.2, -0.15) is 0 Å². The Bertz CT molecular complexity index is 376. The largest absolute Gasteiger partial charge is 0.497 e. The molecule has 1 saturated heterocycles. The molecule has 0 radical (unpaired) electrons. The summed E-state index contributed by atoms with van der Waals surface area (Å²) in [5.41, 5.74) is 1.07. The maximum Gasteiger partial charge on any atom is 0.118 e. The van der Waals surface area contributed by atoms with E-state index in [-0.39, 0.29) is 0 Å². The minimum Gasteiger partial charge on any atom is -0.497 e. The molecule has 2 rings (SSSR count). The molecule has 1 aromatic rings. The van der Waals surface area contributed by atoms with Crippen LogP contribution in [-0.2, 0) is 16.1 Å². The van der Waals surface area contributed by atoms with Crippen molar-refractivity contribution in [3.63, 3.8) is 0 Å². The fourth-order valence-corrected chi connectivity index (χ4v) is 2.17. The zero-order chi connectivity index (χ0) is 14.2. The van der Waals surface area contributed by atoms with Crippen molar-refractivity contribution < 1.29 is 19.3 Å². The summed E-state index contributed by atoms with van der Waals surface area (Å²) in [5.74, 6) is 0.834. The summed E-state index contributed by atoms with van der Waals surface area (Å²) in [6, 6.07) is 7.74. The van der Waals surface area contributed by atoms with Crippen LogP contribution in [0.5, 0.6) is 5.75 Å². The SMILES string of the molecule is COc1ccc(COC[C@@H](O)CN2CCOCC2)cc1. The molecule has 5 heteroatoms. The monoisotopic (exact) mass is 281 g/mol. The van der Waals surface area contributed by atoms with E-state index in [1.807, 2.05) is 24.3 Å². The fourth-order valence-electron chi connectivity index (χ4n) is 2.17. The number of hydrogen-bond donors (Lipinski definition) is 1. The predicted molar refractivity (Wildman–Crippen MR) is 75.9 cm³/mol. The van der Waals surface area contributed by atoms with Gasteiger partial charge in [-0.1, -0.05) is 12.1 Å². The molecule has 112 valence electrons. The Kier molecular flexibility index (Phi) is 6.26. The van der Waals surface area contributed by atoms with Gasteiger partial charge in [-0.05, 0) is 17.7 Å². The van der Waals surface area contributed by atoms with E-state index in [0.717, 1.165) is 37.6 Å². The van der Waals surface area contributed by atoms with Crippen LogP contribution < -0.4 is 4.74 Å². The molecular formula is C15H23NO4. The highest BCUT2D eigenvalue weighted by molar-refractivity contribution is 5.26. The summed E-state index contributed by atoms with van der Waals surface area (Å²) < 4.78 is 15.9. The van der Waals surface area contributed by atoms with Gasteiger partial charge in [-0.3, -0.25) is 4.90 Å². The van der Waals surface area contributed by atoms with Gasteiger partial charge in [-0.15, -0.1) is 0 Å². The topological polar surface area (TPSA) is 51.2 Å². The second-order valence-electron chi connectivity index (χ2n) is 4.93. The lowest BCUT2D eigenvalue weighted by molar-refractivity contribution is -0.0175. The summed E-state index contributed by atoms with van der Waals surface area (Å²) in [7, 11) is 1.65. The van der Waals surface area contributed by atoms with E-state index in [1.165, 1.54) is 0 Å². The highest BCUT2D eigenvalue weighted by atomic mass is 16.5. The molecule has 5 nitrogen and oxygen atoms in total. The zero-order valence-electron chi connectivity index (χ0n) is 12.0. The highest BCUT2D eigenvalue weighted by Gasteiger charge is 2.14. The minimum absolute atomic E-state index is 0.351. The number of methoxy groups -OCH3 is 1. The van der Waals surface area contributed by atoms with Crippen LogP contribution in [0.3, 0.4) is 0 Å². The first-order valence-electron chi connectivity index (χ1n) is 6.97. The van der Waals surface area contributed by atoms with E-state index in [2.05, 4.69) is 4.90 Å². The van der Waals surface area contributed by atoms with Crippen LogP contribution in [-0.4, -0.2) is 62.7 Å². The van der Waals surface area contributed by atoms with Crippen LogP contribution in [0.4, 0.5) is 0 Å². The lowest BCUT2D eigenvalue weighted by Crippen LogP contribution is -2.42. The van der Waals surface area contributed by atoms with Gasteiger partial charge in [0.15, 0.2) is 0 Å². The van der Waals surface area contributed by atoms with Gasteiger partial charge in [0.25, 0.3) is 0 Å². The van der Waals surface area contributed by atoms with Crippen LogP contribution in [0.15, 0.2) is 24.3 Å². The Balaban J connectivity index is 1.63. The molecule has 1 atom stereocenters. The van der Waals surface area contributed by atoms with Gasteiger partial charge < -0.3 is 19.3 Å². The molecule has 1 fully saturated rings. The average Bonchev–Trinajstić information content (AvgIpc) is 2.49. The Hall–Kier alpha value is -1.14. The number of β-amino-alcohol motifs (C(OH)–C–C–N with tert-alkyl or cyclic N) is 1.